The molecule has 3 aliphatic heterocycles. The van der Waals surface area contributed by atoms with Crippen molar-refractivity contribution in [2.45, 2.75) is 69.0 Å². The number of fused-ring (bicyclic) bond motifs is 5. The molecule has 2 amide bonds. The van der Waals surface area contributed by atoms with E-state index in [1.54, 1.807) is 16.9 Å². The third-order valence-corrected chi connectivity index (χ3v) is 8.60. The fraction of sp³-hybridized carbons (Fsp3) is 0.469. The van der Waals surface area contributed by atoms with Gasteiger partial charge in [0.2, 0.25) is 5.91 Å². The highest BCUT2D eigenvalue weighted by molar-refractivity contribution is 5.98. The summed E-state index contributed by atoms with van der Waals surface area (Å²) in [5, 5.41) is 20.8. The van der Waals surface area contributed by atoms with Crippen molar-refractivity contribution in [1.29, 1.82) is 0 Å². The van der Waals surface area contributed by atoms with Gasteiger partial charge in [-0.05, 0) is 54.7 Å². The molecule has 1 aromatic heterocycles. The molecule has 0 spiro atoms. The van der Waals surface area contributed by atoms with Crippen molar-refractivity contribution in [3.05, 3.63) is 66.0 Å². The van der Waals surface area contributed by atoms with Gasteiger partial charge >= 0.3 is 6.36 Å². The maximum Gasteiger partial charge on any atom is 0.573 e. The van der Waals surface area contributed by atoms with Crippen LogP contribution in [0.15, 0.2) is 54.9 Å². The number of aliphatic hydroxyl groups is 1. The van der Waals surface area contributed by atoms with Gasteiger partial charge in [0, 0.05) is 50.9 Å². The van der Waals surface area contributed by atoms with E-state index in [1.807, 2.05) is 30.3 Å². The van der Waals surface area contributed by atoms with Gasteiger partial charge in [-0.3, -0.25) is 19.2 Å². The number of nitrogens with zero attached hydrogens (tertiary/aromatic N) is 3. The Morgan fingerprint density at radius 2 is 1.89 bits per heavy atom. The quantitative estimate of drug-likeness (QED) is 0.396. The summed E-state index contributed by atoms with van der Waals surface area (Å²) in [5.41, 5.74) is 2.71. The van der Waals surface area contributed by atoms with Gasteiger partial charge in [0.25, 0.3) is 5.91 Å². The lowest BCUT2D eigenvalue weighted by atomic mass is 9.99. The Kier molecular flexibility index (Phi) is 9.20. The molecule has 46 heavy (non-hydrogen) atoms. The van der Waals surface area contributed by atoms with E-state index < -0.39 is 30.7 Å². The minimum Gasteiger partial charge on any atom is -0.493 e. The average Bonchev–Trinajstić information content (AvgIpc) is 3.62. The van der Waals surface area contributed by atoms with E-state index in [2.05, 4.69) is 20.5 Å². The van der Waals surface area contributed by atoms with Crippen LogP contribution in [0.4, 0.5) is 13.2 Å². The van der Waals surface area contributed by atoms with Gasteiger partial charge in [0.15, 0.2) is 0 Å². The van der Waals surface area contributed by atoms with Crippen molar-refractivity contribution in [3.63, 3.8) is 0 Å². The van der Waals surface area contributed by atoms with Gasteiger partial charge in [-0.2, -0.15) is 5.10 Å². The summed E-state index contributed by atoms with van der Waals surface area (Å²) in [5.74, 6) is -0.574. The fourth-order valence-electron chi connectivity index (χ4n) is 6.29. The number of carbonyl (C=O) groups is 2. The van der Waals surface area contributed by atoms with Crippen molar-refractivity contribution >= 4 is 11.8 Å². The lowest BCUT2D eigenvalue weighted by molar-refractivity contribution is -0.274. The summed E-state index contributed by atoms with van der Waals surface area (Å²) in [7, 11) is 1.82. The molecule has 0 aliphatic carbocycles. The normalized spacial score (nSPS) is 26.1. The van der Waals surface area contributed by atoms with E-state index in [0.717, 1.165) is 11.1 Å². The van der Waals surface area contributed by atoms with Gasteiger partial charge in [0.1, 0.15) is 17.6 Å². The Morgan fingerprint density at radius 3 is 2.63 bits per heavy atom. The molecule has 3 aromatic rings. The van der Waals surface area contributed by atoms with Gasteiger partial charge in [-0.15, -0.1) is 13.2 Å². The zero-order valence-corrected chi connectivity index (χ0v) is 25.2. The third-order valence-electron chi connectivity index (χ3n) is 8.60. The molecule has 0 saturated carbocycles. The van der Waals surface area contributed by atoms with Crippen LogP contribution in [0.3, 0.4) is 0 Å². The van der Waals surface area contributed by atoms with Crippen LogP contribution in [-0.4, -0.2) is 88.1 Å². The second-order valence-electron chi connectivity index (χ2n) is 12.0. The van der Waals surface area contributed by atoms with Crippen LogP contribution in [0.1, 0.15) is 41.6 Å². The predicted octanol–water partition coefficient (Wildman–Crippen LogP) is 3.17. The number of aliphatic hydroxyl groups excluding tert-OH is 1. The molecule has 0 unspecified atom stereocenters. The Balaban J connectivity index is 1.26. The summed E-state index contributed by atoms with van der Waals surface area (Å²) in [6.07, 6.45) is -0.756. The maximum absolute atomic E-state index is 13.7. The number of aromatic nitrogens is 2. The average molecular weight is 644 g/mol. The van der Waals surface area contributed by atoms with E-state index in [-0.39, 0.29) is 43.4 Å². The highest BCUT2D eigenvalue weighted by Crippen LogP contribution is 2.30. The fourth-order valence-corrected chi connectivity index (χ4v) is 6.29. The van der Waals surface area contributed by atoms with Crippen LogP contribution < -0.4 is 20.1 Å². The Bertz CT molecular complexity index is 1550. The van der Waals surface area contributed by atoms with Gasteiger partial charge in [-0.1, -0.05) is 18.2 Å². The molecule has 2 aromatic carbocycles. The number of rotatable bonds is 4. The topological polar surface area (TPSA) is 127 Å². The summed E-state index contributed by atoms with van der Waals surface area (Å²) < 4.78 is 55.9. The van der Waals surface area contributed by atoms with Crippen LogP contribution in [-0.2, 0) is 23.1 Å². The molecular formula is C32H36F3N5O6. The number of carbonyl (C=O) groups excluding carboxylic acids is 2. The minimum absolute atomic E-state index is 0.111. The number of nitrogens with one attached hydrogen (secondary N) is 2. The number of halogens is 3. The zero-order chi connectivity index (χ0) is 32.4. The molecule has 2 fully saturated rings. The van der Waals surface area contributed by atoms with E-state index in [9.17, 15) is 27.9 Å². The summed E-state index contributed by atoms with van der Waals surface area (Å²) in [6, 6.07) is 9.77. The molecule has 4 bridgehead atoms. The van der Waals surface area contributed by atoms with Crippen LogP contribution in [0.5, 0.6) is 11.5 Å². The minimum atomic E-state index is -4.80. The number of aryl methyl sites for hydroxylation is 1. The monoisotopic (exact) mass is 643 g/mol. The highest BCUT2D eigenvalue weighted by atomic mass is 19.4. The Labute approximate surface area is 263 Å². The second-order valence-corrected chi connectivity index (χ2v) is 12.0. The molecule has 0 radical (unpaired) electrons. The summed E-state index contributed by atoms with van der Waals surface area (Å²) >= 11 is 0. The number of ether oxygens (including phenoxy) is 3. The van der Waals surface area contributed by atoms with Gasteiger partial charge in [0.05, 0.1) is 36.6 Å². The molecule has 3 N–H and O–H groups in total. The first-order valence-electron chi connectivity index (χ1n) is 15.3. The van der Waals surface area contributed by atoms with Gasteiger partial charge in [-0.25, -0.2) is 0 Å². The van der Waals surface area contributed by atoms with Crippen molar-refractivity contribution in [1.82, 2.24) is 25.3 Å². The van der Waals surface area contributed by atoms with Crippen molar-refractivity contribution < 1.29 is 42.1 Å². The van der Waals surface area contributed by atoms with Crippen LogP contribution >= 0.6 is 0 Å². The van der Waals surface area contributed by atoms with Crippen molar-refractivity contribution in [2.75, 3.05) is 19.7 Å². The molecule has 2 saturated heterocycles. The largest absolute Gasteiger partial charge is 0.573 e. The number of benzene rings is 2. The summed E-state index contributed by atoms with van der Waals surface area (Å²) in [6.45, 7) is 0.955. The van der Waals surface area contributed by atoms with E-state index in [4.69, 9.17) is 9.47 Å². The van der Waals surface area contributed by atoms with E-state index in [1.165, 1.54) is 24.3 Å². The van der Waals surface area contributed by atoms with Crippen molar-refractivity contribution in [2.24, 2.45) is 7.05 Å². The Morgan fingerprint density at radius 1 is 1.09 bits per heavy atom. The molecule has 246 valence electrons. The molecule has 14 heteroatoms. The first-order valence-corrected chi connectivity index (χ1v) is 15.3. The molecule has 3 aliphatic rings. The first-order chi connectivity index (χ1) is 22.0. The van der Waals surface area contributed by atoms with Gasteiger partial charge < -0.3 is 30.0 Å². The maximum atomic E-state index is 13.7. The molecule has 5 atom stereocenters. The number of alkyl halides is 3. The van der Waals surface area contributed by atoms with E-state index in [0.29, 0.717) is 49.1 Å². The zero-order valence-electron chi connectivity index (χ0n) is 25.2. The third kappa shape index (κ3) is 7.62. The number of likely N-dealkylation sites (tertiary alicyclic amines) is 1. The molecular weight excluding hydrogens is 607 g/mol. The lowest BCUT2D eigenvalue weighted by Crippen LogP contribution is -2.50. The highest BCUT2D eigenvalue weighted by Gasteiger charge is 2.39. The van der Waals surface area contributed by atoms with Crippen LogP contribution in [0.25, 0.3) is 11.1 Å². The smallest absolute Gasteiger partial charge is 0.493 e. The standard InChI is InChI=1S/C32H36F3N5O6/c1-39-17-21(14-37-39)20-4-8-25-28(12-20)44-11-10-23-7-9-27(41)29(45-23)15-36-31(43)26-13-22(38-30(25)42)18-40(26)16-19-2-5-24(6-3-19)46-32(33,34)35/h2-6,8,12,14,17,22-23,26-27,29,41H,7,9-11,13,15-16,18H2,1H3,(H,36,43)(H,38,42)/t22-,23-,26-,27-,29+/m0/s1. The Hall–Kier alpha value is -4.14. The van der Waals surface area contributed by atoms with Crippen LogP contribution in [0.2, 0.25) is 0 Å². The van der Waals surface area contributed by atoms with Crippen molar-refractivity contribution in [3.8, 4) is 22.6 Å². The lowest BCUT2D eigenvalue weighted by Gasteiger charge is -2.34. The number of amides is 2. The number of hydrogen-bond donors (Lipinski definition) is 3. The van der Waals surface area contributed by atoms with E-state index >= 15 is 0 Å². The molecule has 6 rings (SSSR count). The molecule has 4 heterocycles. The first kappa shape index (κ1) is 31.8. The predicted molar refractivity (Wildman–Crippen MR) is 159 cm³/mol. The van der Waals surface area contributed by atoms with Crippen LogP contribution in [0, 0.1) is 0 Å². The molecule has 11 nitrogen and oxygen atoms in total. The number of hydrogen-bond acceptors (Lipinski definition) is 8. The summed E-state index contributed by atoms with van der Waals surface area (Å²) in [4.78, 5) is 29.1. The second kappa shape index (κ2) is 13.3. The SMILES string of the molecule is Cn1cc(-c2ccc3c(c2)OCC[C@@H]2CC[C@H](O)[C@@H](CNC(=O)[C@@H]4C[C@@H](CN4Cc4ccc(OC(F)(F)F)cc4)NC3=O)O2)cn1.